The minimum Gasteiger partial charge on any atom is -0.507 e. The summed E-state index contributed by atoms with van der Waals surface area (Å²) >= 11 is 0. The number of nitrogens with zero attached hydrogens (tertiary/aromatic N) is 4. The summed E-state index contributed by atoms with van der Waals surface area (Å²) < 4.78 is 33.1. The molecule has 238 valence electrons. The first-order chi connectivity index (χ1) is 21.3. The van der Waals surface area contributed by atoms with Gasteiger partial charge in [0.25, 0.3) is 0 Å². The first-order valence-corrected chi connectivity index (χ1v) is 15.1. The van der Waals surface area contributed by atoms with Gasteiger partial charge >= 0.3 is 5.97 Å². The lowest BCUT2D eigenvalue weighted by molar-refractivity contribution is -0.164. The molecule has 1 atom stereocenters. The Labute approximate surface area is 263 Å². The Kier molecular flexibility index (Phi) is 9.00. The summed E-state index contributed by atoms with van der Waals surface area (Å²) in [5.74, 6) is -0.468. The number of rotatable bonds is 9. The first-order valence-electron chi connectivity index (χ1n) is 15.1. The van der Waals surface area contributed by atoms with Gasteiger partial charge in [-0.15, -0.1) is 6.58 Å². The molecule has 1 fully saturated rings. The molecule has 0 bridgehead atoms. The molecule has 45 heavy (non-hydrogen) atoms. The molecule has 1 unspecified atom stereocenters. The predicted molar refractivity (Wildman–Crippen MR) is 172 cm³/mol. The van der Waals surface area contributed by atoms with E-state index in [1.807, 2.05) is 58.0 Å². The van der Waals surface area contributed by atoms with Crippen LogP contribution in [0.5, 0.6) is 5.75 Å². The number of esters is 1. The number of aryl methyl sites for hydroxylation is 1. The number of halogens is 1. The van der Waals surface area contributed by atoms with Gasteiger partial charge in [0.1, 0.15) is 17.4 Å². The molecule has 5 rings (SSSR count). The molecular weight excluding hydrogens is 575 g/mol. The van der Waals surface area contributed by atoms with Gasteiger partial charge in [0.15, 0.2) is 11.8 Å². The number of anilines is 1. The molecule has 2 aromatic carbocycles. The summed E-state index contributed by atoms with van der Waals surface area (Å²) in [6.07, 6.45) is 2.23. The van der Waals surface area contributed by atoms with Gasteiger partial charge in [-0.3, -0.25) is 0 Å². The third-order valence-corrected chi connectivity index (χ3v) is 8.05. The van der Waals surface area contributed by atoms with E-state index in [4.69, 9.17) is 24.3 Å². The lowest BCUT2D eigenvalue weighted by Crippen LogP contribution is -2.45. The minimum absolute atomic E-state index is 0.145. The number of phenols is 1. The van der Waals surface area contributed by atoms with Crippen molar-refractivity contribution >= 4 is 17.4 Å². The summed E-state index contributed by atoms with van der Waals surface area (Å²) in [7, 11) is 1.35. The average molecular weight is 617 g/mol. The second-order valence-electron chi connectivity index (χ2n) is 12.6. The standard InChI is InChI=1S/C35H41FN4O5/c1-8-18-44-35(6)14-16-39(17-15-35)32-30(31(33(42)43-7)45-34(3,4)5)22(2)37-29-21-27(38-40(29)32)24-11-9-10-23(19-24)26-13-12-25(36)20-28(26)41/h8-13,19-21,31,41H,1,14-18H2,2-7H3. The summed E-state index contributed by atoms with van der Waals surface area (Å²) in [5.41, 5.74) is 3.52. The fraction of sp³-hybridized carbons (Fsp3) is 0.400. The molecule has 1 saturated heterocycles. The third kappa shape index (κ3) is 6.87. The van der Waals surface area contributed by atoms with Crippen LogP contribution >= 0.6 is 0 Å². The highest BCUT2D eigenvalue weighted by Crippen LogP contribution is 2.39. The maximum absolute atomic E-state index is 13.7. The smallest absolute Gasteiger partial charge is 0.339 e. The van der Waals surface area contributed by atoms with Crippen molar-refractivity contribution in [2.45, 2.75) is 64.8 Å². The number of aromatic hydroxyl groups is 1. The molecule has 0 aliphatic carbocycles. The Bertz CT molecular complexity index is 1720. The van der Waals surface area contributed by atoms with Gasteiger partial charge in [-0.05, 0) is 71.2 Å². The molecule has 10 heteroatoms. The highest BCUT2D eigenvalue weighted by Gasteiger charge is 2.38. The third-order valence-electron chi connectivity index (χ3n) is 8.05. The van der Waals surface area contributed by atoms with E-state index in [2.05, 4.69) is 18.4 Å². The van der Waals surface area contributed by atoms with Crippen LogP contribution in [0, 0.1) is 12.7 Å². The van der Waals surface area contributed by atoms with Gasteiger partial charge in [-0.2, -0.15) is 9.61 Å². The number of methoxy groups -OCH3 is 1. The van der Waals surface area contributed by atoms with E-state index in [0.29, 0.717) is 59.2 Å². The largest absolute Gasteiger partial charge is 0.507 e. The molecular formula is C35H41FN4O5. The van der Waals surface area contributed by atoms with Crippen molar-refractivity contribution in [3.63, 3.8) is 0 Å². The predicted octanol–water partition coefficient (Wildman–Crippen LogP) is 6.81. The van der Waals surface area contributed by atoms with Crippen molar-refractivity contribution in [2.24, 2.45) is 0 Å². The van der Waals surface area contributed by atoms with Crippen molar-refractivity contribution < 1.29 is 28.5 Å². The SMILES string of the molecule is C=CCOC1(C)CCN(c2c(C(OC(C)(C)C)C(=O)OC)c(C)nc3cc(-c4cccc(-c5ccc(F)cc5O)c4)nn23)CC1. The monoisotopic (exact) mass is 616 g/mol. The molecule has 9 nitrogen and oxygen atoms in total. The topological polar surface area (TPSA) is 98.4 Å². The molecule has 2 aromatic heterocycles. The number of phenolic OH excluding ortho intramolecular Hbond substituents is 1. The number of fused-ring (bicyclic) bond motifs is 1. The molecule has 0 amide bonds. The van der Waals surface area contributed by atoms with Crippen LogP contribution in [0.2, 0.25) is 0 Å². The number of benzene rings is 2. The lowest BCUT2D eigenvalue weighted by Gasteiger charge is -2.41. The minimum atomic E-state index is -1.04. The van der Waals surface area contributed by atoms with Crippen molar-refractivity contribution in [1.82, 2.24) is 14.6 Å². The Morgan fingerprint density at radius 1 is 1.16 bits per heavy atom. The van der Waals surface area contributed by atoms with Crippen molar-refractivity contribution in [3.8, 4) is 28.1 Å². The maximum atomic E-state index is 13.7. The second-order valence-corrected chi connectivity index (χ2v) is 12.6. The van der Waals surface area contributed by atoms with Crippen LogP contribution in [0.4, 0.5) is 10.2 Å². The zero-order valence-electron chi connectivity index (χ0n) is 26.8. The highest BCUT2D eigenvalue weighted by atomic mass is 19.1. The number of carbonyl (C=O) groups excluding carboxylic acids is 1. The maximum Gasteiger partial charge on any atom is 0.339 e. The molecule has 0 saturated carbocycles. The van der Waals surface area contributed by atoms with E-state index in [-0.39, 0.29) is 11.4 Å². The van der Waals surface area contributed by atoms with E-state index >= 15 is 0 Å². The van der Waals surface area contributed by atoms with Gasteiger partial charge in [-0.25, -0.2) is 14.2 Å². The van der Waals surface area contributed by atoms with E-state index in [1.54, 1.807) is 16.7 Å². The van der Waals surface area contributed by atoms with Crippen LogP contribution in [0.1, 0.15) is 57.9 Å². The Morgan fingerprint density at radius 3 is 2.51 bits per heavy atom. The molecule has 1 aliphatic heterocycles. The van der Waals surface area contributed by atoms with Crippen LogP contribution in [0.25, 0.3) is 28.0 Å². The molecule has 1 aliphatic rings. The van der Waals surface area contributed by atoms with Gasteiger partial charge in [0.05, 0.1) is 36.2 Å². The van der Waals surface area contributed by atoms with Gasteiger partial charge in [0.2, 0.25) is 0 Å². The molecule has 3 heterocycles. The Morgan fingerprint density at radius 2 is 1.87 bits per heavy atom. The molecule has 1 N–H and O–H groups in total. The number of carbonyl (C=O) groups is 1. The molecule has 4 aromatic rings. The number of hydrogen-bond acceptors (Lipinski definition) is 8. The Balaban J connectivity index is 1.66. The number of hydrogen-bond donors (Lipinski definition) is 1. The average Bonchev–Trinajstić information content (AvgIpc) is 3.42. The first kappa shape index (κ1) is 32.1. The van der Waals surface area contributed by atoms with Crippen LogP contribution in [0.15, 0.2) is 61.2 Å². The van der Waals surface area contributed by atoms with Crippen LogP contribution < -0.4 is 4.90 Å². The van der Waals surface area contributed by atoms with E-state index in [1.165, 1.54) is 13.2 Å². The zero-order valence-corrected chi connectivity index (χ0v) is 26.8. The summed E-state index contributed by atoms with van der Waals surface area (Å²) in [4.78, 5) is 20.4. The number of ether oxygens (including phenoxy) is 3. The van der Waals surface area contributed by atoms with Crippen molar-refractivity contribution in [1.29, 1.82) is 0 Å². The van der Waals surface area contributed by atoms with Crippen LogP contribution in [-0.4, -0.2) is 63.7 Å². The zero-order chi connectivity index (χ0) is 32.5. The van der Waals surface area contributed by atoms with E-state index < -0.39 is 23.5 Å². The van der Waals surface area contributed by atoms with Crippen molar-refractivity contribution in [2.75, 3.05) is 31.7 Å². The fourth-order valence-corrected chi connectivity index (χ4v) is 5.74. The van der Waals surface area contributed by atoms with Crippen LogP contribution in [0.3, 0.4) is 0 Å². The van der Waals surface area contributed by atoms with Crippen molar-refractivity contribution in [3.05, 3.63) is 78.3 Å². The van der Waals surface area contributed by atoms with Gasteiger partial charge in [-0.1, -0.05) is 24.3 Å². The second kappa shape index (κ2) is 12.6. The lowest BCUT2D eigenvalue weighted by atomic mass is 9.92. The highest BCUT2D eigenvalue weighted by molar-refractivity contribution is 5.81. The van der Waals surface area contributed by atoms with Gasteiger partial charge < -0.3 is 24.2 Å². The molecule has 0 spiro atoms. The van der Waals surface area contributed by atoms with E-state index in [9.17, 15) is 14.3 Å². The quantitative estimate of drug-likeness (QED) is 0.162. The Hall–Kier alpha value is -4.28. The summed E-state index contributed by atoms with van der Waals surface area (Å²) in [6.45, 7) is 15.2. The van der Waals surface area contributed by atoms with E-state index in [0.717, 1.165) is 24.5 Å². The van der Waals surface area contributed by atoms with Crippen LogP contribution in [-0.2, 0) is 19.0 Å². The number of piperidine rings is 1. The fourth-order valence-electron chi connectivity index (χ4n) is 5.74. The normalized spacial score (nSPS) is 15.7. The number of aromatic nitrogens is 3. The van der Waals surface area contributed by atoms with Gasteiger partial charge in [0, 0.05) is 42.0 Å². The molecule has 0 radical (unpaired) electrons. The summed E-state index contributed by atoms with van der Waals surface area (Å²) in [6, 6.07) is 13.4. The summed E-state index contributed by atoms with van der Waals surface area (Å²) in [5, 5.41) is 15.4.